The van der Waals surface area contributed by atoms with Crippen molar-refractivity contribution in [2.45, 2.75) is 19.9 Å². The summed E-state index contributed by atoms with van der Waals surface area (Å²) in [4.78, 5) is 0. The van der Waals surface area contributed by atoms with Crippen molar-refractivity contribution in [1.82, 2.24) is 14.8 Å². The highest BCUT2D eigenvalue weighted by Crippen LogP contribution is 2.10. The zero-order valence-electron chi connectivity index (χ0n) is 5.91. The van der Waals surface area contributed by atoms with Crippen molar-refractivity contribution < 1.29 is 0 Å². The van der Waals surface area contributed by atoms with Crippen molar-refractivity contribution in [3.63, 3.8) is 0 Å². The van der Waals surface area contributed by atoms with Gasteiger partial charge in [-0.3, -0.25) is 0 Å². The minimum atomic E-state index is 0.950. The van der Waals surface area contributed by atoms with Gasteiger partial charge in [-0.2, -0.15) is 0 Å². The van der Waals surface area contributed by atoms with E-state index in [-0.39, 0.29) is 0 Å². The molecular weight excluding hydrogens is 126 g/mol. The molecule has 0 saturated carbocycles. The van der Waals surface area contributed by atoms with Gasteiger partial charge in [-0.05, 0) is 6.08 Å². The molecule has 1 aromatic rings. The molecule has 10 heavy (non-hydrogen) atoms. The largest absolute Gasteiger partial charge is 0.308 e. The number of fused-ring (bicyclic) bond motifs is 1. The molecule has 1 aliphatic heterocycles. The van der Waals surface area contributed by atoms with Gasteiger partial charge in [-0.25, -0.2) is 0 Å². The van der Waals surface area contributed by atoms with Crippen molar-refractivity contribution in [2.75, 3.05) is 0 Å². The van der Waals surface area contributed by atoms with Crippen LogP contribution in [0.25, 0.3) is 6.08 Å². The molecule has 0 spiro atoms. The average molecular weight is 135 g/mol. The summed E-state index contributed by atoms with van der Waals surface area (Å²) in [6.45, 7) is 3.04. The van der Waals surface area contributed by atoms with Gasteiger partial charge in [-0.15, -0.1) is 10.2 Å². The minimum Gasteiger partial charge on any atom is -0.308 e. The second kappa shape index (κ2) is 1.94. The maximum Gasteiger partial charge on any atom is 0.156 e. The van der Waals surface area contributed by atoms with E-state index in [0.717, 1.165) is 24.6 Å². The number of aromatic nitrogens is 3. The van der Waals surface area contributed by atoms with E-state index in [1.807, 2.05) is 6.08 Å². The average Bonchev–Trinajstić information content (AvgIpc) is 2.44. The second-order valence-corrected chi connectivity index (χ2v) is 2.34. The van der Waals surface area contributed by atoms with Crippen LogP contribution in [0.15, 0.2) is 6.08 Å². The molecule has 0 N–H and O–H groups in total. The molecule has 0 amide bonds. The SMILES string of the molecule is CCc1nnc2n1CC=C2. The maximum atomic E-state index is 4.02. The highest BCUT2D eigenvalue weighted by Gasteiger charge is 2.09. The Hall–Kier alpha value is -1.12. The summed E-state index contributed by atoms with van der Waals surface area (Å²) in [7, 11) is 0. The summed E-state index contributed by atoms with van der Waals surface area (Å²) in [5.41, 5.74) is 0. The Kier molecular flexibility index (Phi) is 1.09. The molecule has 52 valence electrons. The van der Waals surface area contributed by atoms with E-state index in [1.54, 1.807) is 0 Å². The Morgan fingerprint density at radius 1 is 1.60 bits per heavy atom. The van der Waals surface area contributed by atoms with Crippen molar-refractivity contribution in [3.05, 3.63) is 17.7 Å². The van der Waals surface area contributed by atoms with Crippen LogP contribution in [0.2, 0.25) is 0 Å². The lowest BCUT2D eigenvalue weighted by Crippen LogP contribution is -1.98. The molecular formula is C7H9N3. The summed E-state index contributed by atoms with van der Waals surface area (Å²) in [5, 5.41) is 8.01. The van der Waals surface area contributed by atoms with Crippen LogP contribution < -0.4 is 0 Å². The molecule has 2 rings (SSSR count). The fourth-order valence-electron chi connectivity index (χ4n) is 1.20. The lowest BCUT2D eigenvalue weighted by atomic mass is 10.4. The maximum absolute atomic E-state index is 4.02. The third kappa shape index (κ3) is 0.602. The van der Waals surface area contributed by atoms with E-state index in [2.05, 4.69) is 27.8 Å². The second-order valence-electron chi connectivity index (χ2n) is 2.34. The number of hydrogen-bond donors (Lipinski definition) is 0. The molecule has 0 bridgehead atoms. The lowest BCUT2D eigenvalue weighted by molar-refractivity contribution is 0.758. The zero-order chi connectivity index (χ0) is 6.97. The van der Waals surface area contributed by atoms with Gasteiger partial charge in [0.1, 0.15) is 5.82 Å². The number of nitrogens with zero attached hydrogens (tertiary/aromatic N) is 3. The van der Waals surface area contributed by atoms with Gasteiger partial charge in [0.15, 0.2) is 5.82 Å². The fraction of sp³-hybridized carbons (Fsp3) is 0.429. The van der Waals surface area contributed by atoms with Crippen LogP contribution in [0, 0.1) is 0 Å². The molecule has 0 saturated heterocycles. The Labute approximate surface area is 59.4 Å². The summed E-state index contributed by atoms with van der Waals surface area (Å²) in [5.74, 6) is 2.08. The number of allylic oxidation sites excluding steroid dienone is 1. The van der Waals surface area contributed by atoms with E-state index < -0.39 is 0 Å². The standard InChI is InChI=1S/C7H9N3/c1-2-6-8-9-7-4-3-5-10(6)7/h3-4H,2,5H2,1H3. The first kappa shape index (κ1) is 5.65. The van der Waals surface area contributed by atoms with Crippen LogP contribution in [0.5, 0.6) is 0 Å². The van der Waals surface area contributed by atoms with Gasteiger partial charge >= 0.3 is 0 Å². The molecule has 1 aliphatic rings. The van der Waals surface area contributed by atoms with Crippen molar-refractivity contribution in [2.24, 2.45) is 0 Å². The predicted octanol–water partition coefficient (Wildman–Crippen LogP) is 0.867. The Bertz CT molecular complexity index is 272. The third-order valence-electron chi connectivity index (χ3n) is 1.73. The van der Waals surface area contributed by atoms with Gasteiger partial charge in [0.2, 0.25) is 0 Å². The van der Waals surface area contributed by atoms with Crippen LogP contribution in [0.4, 0.5) is 0 Å². The molecule has 0 radical (unpaired) electrons. The van der Waals surface area contributed by atoms with Gasteiger partial charge < -0.3 is 4.57 Å². The number of hydrogen-bond acceptors (Lipinski definition) is 2. The van der Waals surface area contributed by atoms with E-state index in [4.69, 9.17) is 0 Å². The van der Waals surface area contributed by atoms with Gasteiger partial charge in [0.25, 0.3) is 0 Å². The van der Waals surface area contributed by atoms with Crippen molar-refractivity contribution in [1.29, 1.82) is 0 Å². The quantitative estimate of drug-likeness (QED) is 0.572. The lowest BCUT2D eigenvalue weighted by Gasteiger charge is -1.96. The molecule has 0 aliphatic carbocycles. The van der Waals surface area contributed by atoms with Crippen LogP contribution >= 0.6 is 0 Å². The molecule has 3 nitrogen and oxygen atoms in total. The van der Waals surface area contributed by atoms with Crippen molar-refractivity contribution in [3.8, 4) is 0 Å². The molecule has 0 aromatic carbocycles. The summed E-state index contributed by atoms with van der Waals surface area (Å²) in [6, 6.07) is 0. The zero-order valence-corrected chi connectivity index (χ0v) is 5.91. The van der Waals surface area contributed by atoms with Crippen LogP contribution in [-0.2, 0) is 13.0 Å². The predicted molar refractivity (Wildman–Crippen MR) is 38.4 cm³/mol. The van der Waals surface area contributed by atoms with E-state index >= 15 is 0 Å². The highest BCUT2D eigenvalue weighted by atomic mass is 15.3. The van der Waals surface area contributed by atoms with Gasteiger partial charge in [-0.1, -0.05) is 13.0 Å². The monoisotopic (exact) mass is 135 g/mol. The van der Waals surface area contributed by atoms with E-state index in [9.17, 15) is 0 Å². The first-order valence-electron chi connectivity index (χ1n) is 3.50. The van der Waals surface area contributed by atoms with Gasteiger partial charge in [0, 0.05) is 13.0 Å². The molecule has 0 fully saturated rings. The molecule has 0 atom stereocenters. The summed E-state index contributed by atoms with van der Waals surface area (Å²) in [6.07, 6.45) is 5.07. The van der Waals surface area contributed by atoms with Crippen LogP contribution in [-0.4, -0.2) is 14.8 Å². The Morgan fingerprint density at radius 3 is 3.30 bits per heavy atom. The third-order valence-corrected chi connectivity index (χ3v) is 1.73. The molecule has 1 aromatic heterocycles. The Morgan fingerprint density at radius 2 is 2.50 bits per heavy atom. The summed E-state index contributed by atoms with van der Waals surface area (Å²) < 4.78 is 2.12. The minimum absolute atomic E-state index is 0.950. The van der Waals surface area contributed by atoms with E-state index in [1.165, 1.54) is 0 Å². The smallest absolute Gasteiger partial charge is 0.156 e. The number of rotatable bonds is 1. The van der Waals surface area contributed by atoms with Crippen LogP contribution in [0.3, 0.4) is 0 Å². The summed E-state index contributed by atoms with van der Waals surface area (Å²) >= 11 is 0. The highest BCUT2D eigenvalue weighted by molar-refractivity contribution is 5.44. The molecule has 0 unspecified atom stereocenters. The Balaban J connectivity index is 2.50. The van der Waals surface area contributed by atoms with Crippen LogP contribution in [0.1, 0.15) is 18.6 Å². The van der Waals surface area contributed by atoms with Gasteiger partial charge in [0.05, 0.1) is 0 Å². The number of aryl methyl sites for hydroxylation is 1. The van der Waals surface area contributed by atoms with Crippen molar-refractivity contribution >= 4 is 6.08 Å². The molecule has 3 heteroatoms. The van der Waals surface area contributed by atoms with E-state index in [0.29, 0.717) is 0 Å². The normalized spacial score (nSPS) is 14.1. The fourth-order valence-corrected chi connectivity index (χ4v) is 1.20. The first-order valence-corrected chi connectivity index (χ1v) is 3.50. The first-order chi connectivity index (χ1) is 4.92. The molecule has 2 heterocycles. The topological polar surface area (TPSA) is 30.7 Å².